The summed E-state index contributed by atoms with van der Waals surface area (Å²) in [6.45, 7) is -0.291. The van der Waals surface area contributed by atoms with Crippen LogP contribution in [0.2, 0.25) is 0 Å². The highest BCUT2D eigenvalue weighted by atomic mass is 35.5. The molecule has 1 aromatic rings. The van der Waals surface area contributed by atoms with E-state index in [9.17, 15) is 19.0 Å². The number of rotatable bonds is 7. The highest BCUT2D eigenvalue weighted by Gasteiger charge is 2.33. The van der Waals surface area contributed by atoms with Crippen LogP contribution in [0.4, 0.5) is 0 Å². The molecular formula is C13H20ClN2O5P. The Morgan fingerprint density at radius 2 is 1.95 bits per heavy atom. The quantitative estimate of drug-likeness (QED) is 0.499. The first kappa shape index (κ1) is 20.6. The number of carbonyl (C=O) groups is 2. The van der Waals surface area contributed by atoms with E-state index in [4.69, 9.17) is 5.73 Å². The number of nitrogens with one attached hydrogen (secondary N) is 1. The number of hydrogen-bond donors (Lipinski definition) is 3. The molecule has 1 rings (SSSR count). The van der Waals surface area contributed by atoms with Crippen LogP contribution in [0.3, 0.4) is 0 Å². The van der Waals surface area contributed by atoms with E-state index in [1.165, 1.54) is 7.11 Å². The van der Waals surface area contributed by atoms with Crippen molar-refractivity contribution >= 4 is 31.7 Å². The number of hydrogen-bond acceptors (Lipinski definition) is 5. The van der Waals surface area contributed by atoms with Crippen molar-refractivity contribution < 1.29 is 23.8 Å². The highest BCUT2D eigenvalue weighted by molar-refractivity contribution is 7.58. The van der Waals surface area contributed by atoms with Gasteiger partial charge >= 0.3 is 5.97 Å². The van der Waals surface area contributed by atoms with Gasteiger partial charge in [0.1, 0.15) is 5.78 Å². The SMILES string of the molecule is COC(=O)CCP(=O)(O)C(NC(=O)CN)c1ccccc1.Cl. The van der Waals surface area contributed by atoms with Crippen molar-refractivity contribution in [3.05, 3.63) is 35.9 Å². The van der Waals surface area contributed by atoms with Gasteiger partial charge in [-0.15, -0.1) is 12.4 Å². The molecule has 124 valence electrons. The van der Waals surface area contributed by atoms with Crippen LogP contribution >= 0.6 is 19.8 Å². The van der Waals surface area contributed by atoms with Crippen LogP contribution in [0.5, 0.6) is 0 Å². The predicted octanol–water partition coefficient (Wildman–Crippen LogP) is 1.02. The maximum Gasteiger partial charge on any atom is 0.306 e. The van der Waals surface area contributed by atoms with Crippen molar-refractivity contribution in [2.45, 2.75) is 12.2 Å². The molecule has 0 aliphatic rings. The number of amides is 1. The summed E-state index contributed by atoms with van der Waals surface area (Å²) >= 11 is 0. The summed E-state index contributed by atoms with van der Waals surface area (Å²) in [5.41, 5.74) is 5.71. The van der Waals surface area contributed by atoms with Gasteiger partial charge in [-0.1, -0.05) is 30.3 Å². The first-order valence-electron chi connectivity index (χ1n) is 6.33. The van der Waals surface area contributed by atoms with E-state index in [2.05, 4.69) is 10.1 Å². The molecule has 0 spiro atoms. The van der Waals surface area contributed by atoms with Crippen molar-refractivity contribution in [1.29, 1.82) is 0 Å². The first-order valence-corrected chi connectivity index (χ1v) is 8.25. The van der Waals surface area contributed by atoms with Gasteiger partial charge in [0.25, 0.3) is 0 Å². The molecule has 0 bridgehead atoms. The van der Waals surface area contributed by atoms with E-state index in [-0.39, 0.29) is 31.5 Å². The Kier molecular flexibility index (Phi) is 8.97. The zero-order valence-corrected chi connectivity index (χ0v) is 13.8. The third-order valence-corrected chi connectivity index (χ3v) is 4.96. The second-order valence-electron chi connectivity index (χ2n) is 4.39. The molecule has 2 unspecified atom stereocenters. The fraction of sp³-hybridized carbons (Fsp3) is 0.385. The number of esters is 1. The number of carbonyl (C=O) groups excluding carboxylic acids is 2. The highest BCUT2D eigenvalue weighted by Crippen LogP contribution is 2.54. The van der Waals surface area contributed by atoms with Crippen LogP contribution in [0, 0.1) is 0 Å². The lowest BCUT2D eigenvalue weighted by molar-refractivity contribution is -0.140. The molecule has 0 aromatic heterocycles. The van der Waals surface area contributed by atoms with Gasteiger partial charge in [-0.3, -0.25) is 14.2 Å². The van der Waals surface area contributed by atoms with E-state index >= 15 is 0 Å². The summed E-state index contributed by atoms with van der Waals surface area (Å²) in [6, 6.07) is 8.39. The first-order chi connectivity index (χ1) is 9.90. The number of halogens is 1. The Hall–Kier alpha value is -1.40. The van der Waals surface area contributed by atoms with E-state index in [0.29, 0.717) is 5.56 Å². The molecular weight excluding hydrogens is 331 g/mol. The third kappa shape index (κ3) is 6.15. The lowest BCUT2D eigenvalue weighted by Gasteiger charge is -2.24. The van der Waals surface area contributed by atoms with Gasteiger partial charge in [0.05, 0.1) is 20.1 Å². The van der Waals surface area contributed by atoms with Crippen LogP contribution in [0.1, 0.15) is 17.8 Å². The molecule has 0 aliphatic heterocycles. The van der Waals surface area contributed by atoms with Gasteiger partial charge in [-0.25, -0.2) is 0 Å². The zero-order chi connectivity index (χ0) is 15.9. The second kappa shape index (κ2) is 9.58. The molecule has 0 radical (unpaired) electrons. The fourth-order valence-electron chi connectivity index (χ4n) is 1.75. The molecule has 9 heteroatoms. The molecule has 0 fully saturated rings. The van der Waals surface area contributed by atoms with E-state index in [0.717, 1.165) is 0 Å². The van der Waals surface area contributed by atoms with Gasteiger partial charge in [-0.05, 0) is 5.56 Å². The molecule has 0 saturated carbocycles. The van der Waals surface area contributed by atoms with Gasteiger partial charge in [0, 0.05) is 6.16 Å². The fourth-order valence-corrected chi connectivity index (χ4v) is 3.49. The minimum atomic E-state index is -3.85. The summed E-state index contributed by atoms with van der Waals surface area (Å²) in [4.78, 5) is 32.8. The lowest BCUT2D eigenvalue weighted by atomic mass is 10.2. The second-order valence-corrected chi connectivity index (χ2v) is 6.87. The van der Waals surface area contributed by atoms with Gasteiger partial charge in [0.15, 0.2) is 0 Å². The average molecular weight is 351 g/mol. The van der Waals surface area contributed by atoms with Gasteiger partial charge < -0.3 is 20.7 Å². The molecule has 1 amide bonds. The normalized spacial score (nSPS) is 14.1. The van der Waals surface area contributed by atoms with Crippen molar-refractivity contribution in [2.24, 2.45) is 5.73 Å². The molecule has 0 saturated heterocycles. The predicted molar refractivity (Wildman–Crippen MR) is 85.0 cm³/mol. The molecule has 4 N–H and O–H groups in total. The topological polar surface area (TPSA) is 119 Å². The number of ether oxygens (including phenoxy) is 1. The standard InChI is InChI=1S/C13H19N2O5P.ClH/c1-20-12(17)7-8-21(18,19)13(15-11(16)9-14)10-5-3-2-4-6-10;/h2-6,13H,7-9,14H2,1H3,(H,15,16)(H,18,19);1H. The minimum Gasteiger partial charge on any atom is -0.469 e. The Bertz CT molecular complexity index is 540. The van der Waals surface area contributed by atoms with Crippen molar-refractivity contribution in [3.8, 4) is 0 Å². The van der Waals surface area contributed by atoms with Crippen molar-refractivity contribution in [1.82, 2.24) is 5.32 Å². The molecule has 0 aliphatic carbocycles. The Balaban J connectivity index is 0.00000441. The summed E-state index contributed by atoms with van der Waals surface area (Å²) in [5, 5.41) is 2.44. The maximum absolute atomic E-state index is 12.5. The lowest BCUT2D eigenvalue weighted by Crippen LogP contribution is -2.34. The average Bonchev–Trinajstić information content (AvgIpc) is 2.50. The van der Waals surface area contributed by atoms with Crippen LogP contribution in [-0.2, 0) is 18.9 Å². The largest absolute Gasteiger partial charge is 0.469 e. The number of methoxy groups -OCH3 is 1. The molecule has 22 heavy (non-hydrogen) atoms. The van der Waals surface area contributed by atoms with Crippen LogP contribution in [0.25, 0.3) is 0 Å². The number of nitrogens with two attached hydrogens (primary N) is 1. The van der Waals surface area contributed by atoms with Crippen LogP contribution < -0.4 is 11.1 Å². The van der Waals surface area contributed by atoms with E-state index in [1.807, 2.05) is 0 Å². The Labute approximate surface area is 135 Å². The van der Waals surface area contributed by atoms with E-state index in [1.54, 1.807) is 30.3 Å². The minimum absolute atomic E-state index is 0. The van der Waals surface area contributed by atoms with Crippen molar-refractivity contribution in [3.63, 3.8) is 0 Å². The molecule has 2 atom stereocenters. The maximum atomic E-state index is 12.5. The summed E-state index contributed by atoms with van der Waals surface area (Å²) in [6.07, 6.45) is -0.490. The monoisotopic (exact) mass is 350 g/mol. The third-order valence-electron chi connectivity index (χ3n) is 2.87. The molecule has 1 aromatic carbocycles. The smallest absolute Gasteiger partial charge is 0.306 e. The van der Waals surface area contributed by atoms with Gasteiger partial charge in [0.2, 0.25) is 13.3 Å². The van der Waals surface area contributed by atoms with E-state index < -0.39 is 25.0 Å². The summed E-state index contributed by atoms with van der Waals surface area (Å²) in [5.74, 6) is -2.23. The van der Waals surface area contributed by atoms with Gasteiger partial charge in [-0.2, -0.15) is 0 Å². The van der Waals surface area contributed by atoms with Crippen molar-refractivity contribution in [2.75, 3.05) is 19.8 Å². The zero-order valence-electron chi connectivity index (χ0n) is 12.1. The Morgan fingerprint density at radius 1 is 1.36 bits per heavy atom. The molecule has 0 heterocycles. The van der Waals surface area contributed by atoms with Crippen LogP contribution in [-0.4, -0.2) is 36.6 Å². The Morgan fingerprint density at radius 3 is 2.45 bits per heavy atom. The number of benzene rings is 1. The summed E-state index contributed by atoms with van der Waals surface area (Å²) < 4.78 is 16.9. The van der Waals surface area contributed by atoms with Crippen LogP contribution in [0.15, 0.2) is 30.3 Å². The molecule has 7 nitrogen and oxygen atoms in total. The summed E-state index contributed by atoms with van der Waals surface area (Å²) in [7, 11) is -2.64.